The smallest absolute Gasteiger partial charge is 0.272 e. The fourth-order valence-electron chi connectivity index (χ4n) is 4.36. The minimum Gasteiger partial charge on any atom is -0.272 e. The maximum Gasteiger partial charge on any atom is 0.288 e. The van der Waals surface area contributed by atoms with Gasteiger partial charge in [0, 0.05) is 5.39 Å². The molecule has 1 aromatic carbocycles. The second kappa shape index (κ2) is 4.99. The summed E-state index contributed by atoms with van der Waals surface area (Å²) in [6, 6.07) is 10.8. The maximum atomic E-state index is 12.6. The Labute approximate surface area is 143 Å². The number of carbonyl (C=O) groups excluding carboxylic acids is 3. The van der Waals surface area contributed by atoms with Crippen LogP contribution >= 0.6 is 0 Å². The first-order valence-corrected chi connectivity index (χ1v) is 8.36. The summed E-state index contributed by atoms with van der Waals surface area (Å²) in [5, 5.41) is 1.82. The fraction of sp³-hybridized carbons (Fsp3) is 0.263. The molecule has 4 atom stereocenters. The number of aromatic nitrogens is 1. The number of allylic oxidation sites excluding steroid dienone is 2. The first kappa shape index (κ1) is 14.3. The third-order valence-electron chi connectivity index (χ3n) is 5.51. The van der Waals surface area contributed by atoms with Crippen LogP contribution in [0.5, 0.6) is 0 Å². The molecule has 5 rings (SSSR count). The highest BCUT2D eigenvalue weighted by molar-refractivity contribution is 6.08. The zero-order valence-corrected chi connectivity index (χ0v) is 13.3. The van der Waals surface area contributed by atoms with Gasteiger partial charge < -0.3 is 0 Å². The molecule has 25 heavy (non-hydrogen) atoms. The third kappa shape index (κ3) is 1.97. The highest BCUT2D eigenvalue weighted by atomic mass is 16.2. The lowest BCUT2D eigenvalue weighted by Gasteiger charge is -2.17. The molecule has 2 bridgehead atoms. The Balaban J connectivity index is 1.40. The molecule has 6 heteroatoms. The molecule has 3 aliphatic rings. The van der Waals surface area contributed by atoms with E-state index in [1.807, 2.05) is 36.4 Å². The van der Waals surface area contributed by atoms with Crippen LogP contribution in [0.25, 0.3) is 10.9 Å². The summed E-state index contributed by atoms with van der Waals surface area (Å²) >= 11 is 0. The van der Waals surface area contributed by atoms with Crippen LogP contribution in [0.2, 0.25) is 0 Å². The SMILES string of the molecule is O=C(NN1C(=O)[C@@H]2[C@H](C1=O)[C@H]1C=C[C@@H]2C1)c1ccc2ccccc2n1. The fourth-order valence-corrected chi connectivity index (χ4v) is 4.36. The van der Waals surface area contributed by atoms with Crippen molar-refractivity contribution < 1.29 is 14.4 Å². The first-order valence-electron chi connectivity index (χ1n) is 8.36. The first-order chi connectivity index (χ1) is 12.1. The highest BCUT2D eigenvalue weighted by Crippen LogP contribution is 2.52. The molecule has 0 radical (unpaired) electrons. The number of hydrogen-bond acceptors (Lipinski definition) is 4. The van der Waals surface area contributed by atoms with Crippen molar-refractivity contribution in [3.63, 3.8) is 0 Å². The van der Waals surface area contributed by atoms with Crippen LogP contribution in [-0.4, -0.2) is 27.7 Å². The van der Waals surface area contributed by atoms with Crippen molar-refractivity contribution in [2.24, 2.45) is 23.7 Å². The lowest BCUT2D eigenvalue weighted by atomic mass is 9.85. The number of nitrogens with zero attached hydrogens (tertiary/aromatic N) is 2. The minimum absolute atomic E-state index is 0.118. The number of hydrazine groups is 1. The van der Waals surface area contributed by atoms with Gasteiger partial charge in [0.25, 0.3) is 17.7 Å². The predicted octanol–water partition coefficient (Wildman–Crippen LogP) is 1.69. The van der Waals surface area contributed by atoms with Gasteiger partial charge in [0.15, 0.2) is 0 Å². The van der Waals surface area contributed by atoms with Crippen molar-refractivity contribution in [1.82, 2.24) is 15.4 Å². The van der Waals surface area contributed by atoms with Gasteiger partial charge in [0.1, 0.15) is 5.69 Å². The molecule has 1 N–H and O–H groups in total. The summed E-state index contributed by atoms with van der Waals surface area (Å²) in [7, 11) is 0. The average Bonchev–Trinajstić information content (AvgIpc) is 3.31. The molecule has 0 spiro atoms. The second-order valence-corrected chi connectivity index (χ2v) is 6.84. The standard InChI is InChI=1S/C19H15N3O3/c23-17(14-8-7-10-3-1-2-4-13(10)20-14)21-22-18(24)15-11-5-6-12(9-11)16(15)19(22)25/h1-8,11-12,15-16H,9H2,(H,21,23)/t11-,12+,15+,16-. The molecule has 0 unspecified atom stereocenters. The number of imide groups is 1. The van der Waals surface area contributed by atoms with Gasteiger partial charge in [-0.05, 0) is 30.4 Å². The van der Waals surface area contributed by atoms with Crippen molar-refractivity contribution in [3.05, 3.63) is 54.2 Å². The molecule has 1 aromatic heterocycles. The quantitative estimate of drug-likeness (QED) is 0.670. The highest BCUT2D eigenvalue weighted by Gasteiger charge is 2.59. The van der Waals surface area contributed by atoms with Gasteiger partial charge in [-0.25, -0.2) is 4.98 Å². The molecule has 2 aromatic rings. The molecule has 6 nitrogen and oxygen atoms in total. The van der Waals surface area contributed by atoms with E-state index in [0.717, 1.165) is 16.8 Å². The van der Waals surface area contributed by atoms with E-state index in [1.165, 1.54) is 0 Å². The topological polar surface area (TPSA) is 79.4 Å². The monoisotopic (exact) mass is 333 g/mol. The van der Waals surface area contributed by atoms with Gasteiger partial charge in [-0.1, -0.05) is 36.4 Å². The van der Waals surface area contributed by atoms with Gasteiger partial charge in [0.05, 0.1) is 17.4 Å². The Morgan fingerprint density at radius 2 is 1.68 bits per heavy atom. The lowest BCUT2D eigenvalue weighted by molar-refractivity contribution is -0.143. The van der Waals surface area contributed by atoms with E-state index in [0.29, 0.717) is 5.52 Å². The van der Waals surface area contributed by atoms with Gasteiger partial charge >= 0.3 is 0 Å². The summed E-state index contributed by atoms with van der Waals surface area (Å²) < 4.78 is 0. The van der Waals surface area contributed by atoms with Crippen LogP contribution < -0.4 is 5.43 Å². The summed E-state index contributed by atoms with van der Waals surface area (Å²) in [5.41, 5.74) is 3.33. The summed E-state index contributed by atoms with van der Waals surface area (Å²) in [6.45, 7) is 0. The van der Waals surface area contributed by atoms with E-state index in [9.17, 15) is 14.4 Å². The van der Waals surface area contributed by atoms with Crippen molar-refractivity contribution in [2.75, 3.05) is 0 Å². The van der Waals surface area contributed by atoms with E-state index in [1.54, 1.807) is 12.1 Å². The molecule has 1 aliphatic heterocycles. The van der Waals surface area contributed by atoms with Crippen molar-refractivity contribution >= 4 is 28.6 Å². The predicted molar refractivity (Wildman–Crippen MR) is 88.8 cm³/mol. The van der Waals surface area contributed by atoms with E-state index in [4.69, 9.17) is 0 Å². The largest absolute Gasteiger partial charge is 0.288 e. The van der Waals surface area contributed by atoms with Gasteiger partial charge in [-0.15, -0.1) is 0 Å². The molecule has 1 saturated heterocycles. The van der Waals surface area contributed by atoms with Gasteiger partial charge in [-0.3, -0.25) is 19.8 Å². The minimum atomic E-state index is -0.548. The summed E-state index contributed by atoms with van der Waals surface area (Å²) in [5.74, 6) is -1.58. The van der Waals surface area contributed by atoms with E-state index < -0.39 is 5.91 Å². The number of rotatable bonds is 2. The Morgan fingerprint density at radius 3 is 2.40 bits per heavy atom. The number of hydrogen-bond donors (Lipinski definition) is 1. The molecular weight excluding hydrogens is 318 g/mol. The van der Waals surface area contributed by atoms with E-state index in [2.05, 4.69) is 10.4 Å². The molecule has 2 aliphatic carbocycles. The van der Waals surface area contributed by atoms with Crippen molar-refractivity contribution in [2.45, 2.75) is 6.42 Å². The van der Waals surface area contributed by atoms with Crippen LogP contribution in [0, 0.1) is 23.7 Å². The Kier molecular flexibility index (Phi) is 2.86. The van der Waals surface area contributed by atoms with Crippen LogP contribution in [0.15, 0.2) is 48.6 Å². The summed E-state index contributed by atoms with van der Waals surface area (Å²) in [6.07, 6.45) is 4.90. The number of benzene rings is 1. The van der Waals surface area contributed by atoms with Crippen molar-refractivity contribution in [3.8, 4) is 0 Å². The van der Waals surface area contributed by atoms with Crippen LogP contribution in [0.3, 0.4) is 0 Å². The lowest BCUT2D eigenvalue weighted by Crippen LogP contribution is -2.47. The Bertz CT molecular complexity index is 937. The third-order valence-corrected chi connectivity index (χ3v) is 5.51. The molecule has 124 valence electrons. The molecule has 3 amide bonds. The van der Waals surface area contributed by atoms with Crippen LogP contribution in [0.1, 0.15) is 16.9 Å². The molecule has 1 saturated carbocycles. The van der Waals surface area contributed by atoms with E-state index in [-0.39, 0.29) is 41.2 Å². The molecule has 2 heterocycles. The van der Waals surface area contributed by atoms with Crippen LogP contribution in [-0.2, 0) is 9.59 Å². The van der Waals surface area contributed by atoms with Gasteiger partial charge in [-0.2, -0.15) is 5.01 Å². The van der Waals surface area contributed by atoms with E-state index >= 15 is 0 Å². The van der Waals surface area contributed by atoms with Crippen LogP contribution in [0.4, 0.5) is 0 Å². The van der Waals surface area contributed by atoms with Gasteiger partial charge in [0.2, 0.25) is 0 Å². The zero-order chi connectivity index (χ0) is 17.1. The maximum absolute atomic E-state index is 12.6. The molecular formula is C19H15N3O3. The number of pyridine rings is 1. The number of carbonyl (C=O) groups is 3. The Hall–Kier alpha value is -3.02. The van der Waals surface area contributed by atoms with Crippen molar-refractivity contribution in [1.29, 1.82) is 0 Å². The number of nitrogens with one attached hydrogen (secondary N) is 1. The Morgan fingerprint density at radius 1 is 1.00 bits per heavy atom. The normalized spacial score (nSPS) is 29.5. The zero-order valence-electron chi connectivity index (χ0n) is 13.3. The number of amides is 3. The number of para-hydroxylation sites is 1. The average molecular weight is 333 g/mol. The second-order valence-electron chi connectivity index (χ2n) is 6.84. The molecule has 2 fully saturated rings. The number of fused-ring (bicyclic) bond motifs is 6. The summed E-state index contributed by atoms with van der Waals surface area (Å²) in [4.78, 5) is 42.0.